The molecule has 0 unspecified atom stereocenters. The maximum Gasteiger partial charge on any atom is 0.313 e. The summed E-state index contributed by atoms with van der Waals surface area (Å²) in [5.41, 5.74) is 2.29. The fourth-order valence-corrected chi connectivity index (χ4v) is 4.52. The van der Waals surface area contributed by atoms with Gasteiger partial charge in [-0.05, 0) is 29.5 Å². The average Bonchev–Trinajstić information content (AvgIpc) is 3.10. The van der Waals surface area contributed by atoms with Crippen LogP contribution in [0.2, 0.25) is 0 Å². The summed E-state index contributed by atoms with van der Waals surface area (Å²) in [6.07, 6.45) is 0.159. The van der Waals surface area contributed by atoms with Gasteiger partial charge in [-0.1, -0.05) is 68.4 Å². The molecule has 0 aliphatic heterocycles. The van der Waals surface area contributed by atoms with Crippen molar-refractivity contribution >= 4 is 5.97 Å². The molecule has 6 heteroatoms. The third-order valence-electron chi connectivity index (χ3n) is 6.19. The molecule has 0 saturated heterocycles. The van der Waals surface area contributed by atoms with Crippen LogP contribution in [0.4, 0.5) is 0 Å². The summed E-state index contributed by atoms with van der Waals surface area (Å²) in [7, 11) is 0. The summed E-state index contributed by atoms with van der Waals surface area (Å²) in [4.78, 5) is 25.9. The first kappa shape index (κ1) is 21.1. The van der Waals surface area contributed by atoms with Crippen LogP contribution in [0.5, 0.6) is 0 Å². The number of rotatable bonds is 5. The molecule has 3 N–H and O–H groups in total. The van der Waals surface area contributed by atoms with Crippen LogP contribution in [-0.2, 0) is 22.6 Å². The molecule has 1 heterocycles. The van der Waals surface area contributed by atoms with E-state index < -0.39 is 23.4 Å². The Balaban J connectivity index is 1.73. The molecular formula is C25H28N2O4. The molecule has 0 saturated carbocycles. The molecule has 2 aromatic carbocycles. The lowest BCUT2D eigenvalue weighted by Gasteiger charge is -2.40. The molecule has 4 rings (SSSR count). The van der Waals surface area contributed by atoms with Crippen molar-refractivity contribution in [3.63, 3.8) is 0 Å². The molecule has 0 radical (unpaired) electrons. The van der Waals surface area contributed by atoms with Crippen LogP contribution in [0.3, 0.4) is 0 Å². The lowest BCUT2D eigenvalue weighted by Crippen LogP contribution is -2.50. The highest BCUT2D eigenvalue weighted by molar-refractivity contribution is 5.77. The van der Waals surface area contributed by atoms with E-state index in [0.29, 0.717) is 17.2 Å². The first-order chi connectivity index (χ1) is 14.8. The van der Waals surface area contributed by atoms with Gasteiger partial charge in [0.05, 0.1) is 11.5 Å². The number of esters is 1. The van der Waals surface area contributed by atoms with E-state index in [-0.39, 0.29) is 18.6 Å². The van der Waals surface area contributed by atoms with Crippen molar-refractivity contribution < 1.29 is 14.6 Å². The molecule has 162 valence electrons. The zero-order chi connectivity index (χ0) is 22.2. The highest BCUT2D eigenvalue weighted by Crippen LogP contribution is 2.44. The van der Waals surface area contributed by atoms with E-state index in [9.17, 15) is 14.7 Å². The molecule has 3 aromatic rings. The fourth-order valence-electron chi connectivity index (χ4n) is 4.52. The maximum absolute atomic E-state index is 13.3. The number of ether oxygens (including phenoxy) is 1. The second-order valence-electron chi connectivity index (χ2n) is 8.88. The largest absolute Gasteiger partial charge is 0.460 e. The minimum atomic E-state index is -1.38. The van der Waals surface area contributed by atoms with Gasteiger partial charge in [0.15, 0.2) is 0 Å². The average molecular weight is 421 g/mol. The third-order valence-corrected chi connectivity index (χ3v) is 6.19. The van der Waals surface area contributed by atoms with Crippen LogP contribution in [0.25, 0.3) is 0 Å². The number of nitrogens with one attached hydrogen (secondary N) is 2. The molecule has 0 amide bonds. The van der Waals surface area contributed by atoms with Gasteiger partial charge in [0.25, 0.3) is 5.56 Å². The number of carbonyl (C=O) groups excluding carboxylic acids is 1. The minimum absolute atomic E-state index is 0.113. The first-order valence-corrected chi connectivity index (χ1v) is 10.6. The smallest absolute Gasteiger partial charge is 0.313 e. The molecule has 0 fully saturated rings. The maximum atomic E-state index is 13.3. The van der Waals surface area contributed by atoms with E-state index in [1.54, 1.807) is 6.92 Å². The SMILES string of the molecule is CC(C)c1ccc([C@@H]2c3c([nH][nH]c3=O)C[C@@](C)(O)[C@H]2C(=O)OCc2ccccc2)cc1. The Labute approximate surface area is 181 Å². The van der Waals surface area contributed by atoms with Crippen LogP contribution < -0.4 is 5.56 Å². The van der Waals surface area contributed by atoms with Crippen molar-refractivity contribution in [2.24, 2.45) is 5.92 Å². The quantitative estimate of drug-likeness (QED) is 0.550. The van der Waals surface area contributed by atoms with Crippen LogP contribution in [0.1, 0.15) is 60.6 Å². The van der Waals surface area contributed by atoms with Gasteiger partial charge in [0, 0.05) is 23.6 Å². The summed E-state index contributed by atoms with van der Waals surface area (Å²) in [5, 5.41) is 16.8. The standard InChI is InChI=1S/C25H28N2O4/c1-15(2)17-9-11-18(12-10-17)20-21-19(26-27-23(21)28)13-25(3,30)22(20)24(29)31-14-16-7-5-4-6-8-16/h4-12,15,20,22,30H,13-14H2,1-3H3,(H2,26,27,28)/t20-,22-,25-/m1/s1. The van der Waals surface area contributed by atoms with Gasteiger partial charge < -0.3 is 14.9 Å². The minimum Gasteiger partial charge on any atom is -0.460 e. The second kappa shape index (κ2) is 8.19. The number of carbonyl (C=O) groups is 1. The summed E-state index contributed by atoms with van der Waals surface area (Å²) in [6, 6.07) is 17.3. The molecule has 1 aromatic heterocycles. The first-order valence-electron chi connectivity index (χ1n) is 10.6. The number of hydrogen-bond acceptors (Lipinski definition) is 4. The van der Waals surface area contributed by atoms with Gasteiger partial charge in [-0.3, -0.25) is 14.7 Å². The number of aromatic amines is 2. The van der Waals surface area contributed by atoms with Crippen molar-refractivity contribution in [2.45, 2.75) is 51.2 Å². The van der Waals surface area contributed by atoms with E-state index in [1.165, 1.54) is 0 Å². The third kappa shape index (κ3) is 4.08. The number of benzene rings is 2. The zero-order valence-electron chi connectivity index (χ0n) is 18.0. The predicted molar refractivity (Wildman–Crippen MR) is 118 cm³/mol. The normalized spacial score (nSPS) is 22.9. The van der Waals surface area contributed by atoms with E-state index in [4.69, 9.17) is 4.74 Å². The number of aromatic nitrogens is 2. The fraction of sp³-hybridized carbons (Fsp3) is 0.360. The van der Waals surface area contributed by atoms with Gasteiger partial charge in [-0.15, -0.1) is 0 Å². The van der Waals surface area contributed by atoms with Crippen molar-refractivity contribution in [3.8, 4) is 0 Å². The van der Waals surface area contributed by atoms with E-state index in [0.717, 1.165) is 16.7 Å². The summed E-state index contributed by atoms with van der Waals surface area (Å²) >= 11 is 0. The van der Waals surface area contributed by atoms with Crippen molar-refractivity contribution in [1.29, 1.82) is 0 Å². The predicted octanol–water partition coefficient (Wildman–Crippen LogP) is 3.63. The van der Waals surface area contributed by atoms with Crippen LogP contribution >= 0.6 is 0 Å². The Bertz CT molecular complexity index is 1110. The van der Waals surface area contributed by atoms with Gasteiger partial charge in [0.1, 0.15) is 6.61 Å². The number of H-pyrrole nitrogens is 2. The molecule has 1 aliphatic carbocycles. The molecule has 6 nitrogen and oxygen atoms in total. The molecular weight excluding hydrogens is 392 g/mol. The summed E-state index contributed by atoms with van der Waals surface area (Å²) < 4.78 is 5.63. The van der Waals surface area contributed by atoms with Gasteiger partial charge in [-0.25, -0.2) is 0 Å². The lowest BCUT2D eigenvalue weighted by molar-refractivity contribution is -0.161. The Morgan fingerprint density at radius 3 is 2.45 bits per heavy atom. The number of fused-ring (bicyclic) bond motifs is 1. The zero-order valence-corrected chi connectivity index (χ0v) is 18.0. The van der Waals surface area contributed by atoms with Crippen molar-refractivity contribution in [1.82, 2.24) is 10.2 Å². The summed E-state index contributed by atoms with van der Waals surface area (Å²) in [6.45, 7) is 5.96. The second-order valence-corrected chi connectivity index (χ2v) is 8.88. The molecule has 0 spiro atoms. The number of aliphatic hydroxyl groups is 1. The lowest BCUT2D eigenvalue weighted by atomic mass is 9.66. The Morgan fingerprint density at radius 2 is 1.81 bits per heavy atom. The number of hydrogen-bond donors (Lipinski definition) is 3. The van der Waals surface area contributed by atoms with Gasteiger partial charge in [-0.2, -0.15) is 0 Å². The van der Waals surface area contributed by atoms with Gasteiger partial charge >= 0.3 is 5.97 Å². The van der Waals surface area contributed by atoms with Gasteiger partial charge in [0.2, 0.25) is 0 Å². The highest BCUT2D eigenvalue weighted by Gasteiger charge is 2.51. The molecule has 0 bridgehead atoms. The monoisotopic (exact) mass is 420 g/mol. The van der Waals surface area contributed by atoms with Crippen molar-refractivity contribution in [3.05, 3.63) is 92.9 Å². The summed E-state index contributed by atoms with van der Waals surface area (Å²) in [5.74, 6) is -1.68. The Kier molecular flexibility index (Phi) is 5.58. The Hall–Kier alpha value is -3.12. The van der Waals surface area contributed by atoms with E-state index in [1.807, 2.05) is 54.6 Å². The van der Waals surface area contributed by atoms with E-state index in [2.05, 4.69) is 24.0 Å². The molecule has 1 aliphatic rings. The topological polar surface area (TPSA) is 95.2 Å². The molecule has 3 atom stereocenters. The Morgan fingerprint density at radius 1 is 1.13 bits per heavy atom. The molecule has 31 heavy (non-hydrogen) atoms. The van der Waals surface area contributed by atoms with Crippen LogP contribution in [-0.4, -0.2) is 26.9 Å². The van der Waals surface area contributed by atoms with Crippen molar-refractivity contribution in [2.75, 3.05) is 0 Å². The highest BCUT2D eigenvalue weighted by atomic mass is 16.5. The van der Waals surface area contributed by atoms with Crippen LogP contribution in [0, 0.1) is 5.92 Å². The van der Waals surface area contributed by atoms with E-state index >= 15 is 0 Å². The van der Waals surface area contributed by atoms with Crippen LogP contribution in [0.15, 0.2) is 59.4 Å².